The van der Waals surface area contributed by atoms with Crippen molar-refractivity contribution in [2.24, 2.45) is 5.41 Å². The van der Waals surface area contributed by atoms with Gasteiger partial charge in [0.1, 0.15) is 0 Å². The van der Waals surface area contributed by atoms with E-state index in [1.165, 1.54) is 18.4 Å². The van der Waals surface area contributed by atoms with Gasteiger partial charge >= 0.3 is 0 Å². The molecule has 166 valence electrons. The van der Waals surface area contributed by atoms with E-state index in [0.29, 0.717) is 19.6 Å². The Morgan fingerprint density at radius 3 is 2.58 bits per heavy atom. The van der Waals surface area contributed by atoms with Crippen LogP contribution in [-0.2, 0) is 16.0 Å². The summed E-state index contributed by atoms with van der Waals surface area (Å²) in [6, 6.07) is 12.5. The van der Waals surface area contributed by atoms with Crippen molar-refractivity contribution in [2.75, 3.05) is 32.8 Å². The summed E-state index contributed by atoms with van der Waals surface area (Å²) in [6.07, 6.45) is 8.43. The molecule has 2 aliphatic heterocycles. The quantitative estimate of drug-likeness (QED) is 0.732. The number of likely N-dealkylation sites (tertiary alicyclic amines) is 1. The van der Waals surface area contributed by atoms with Crippen molar-refractivity contribution >= 4 is 5.91 Å². The number of hydrogen-bond donors (Lipinski definition) is 1. The minimum Gasteiger partial charge on any atom is -0.381 e. The predicted octanol–water partition coefficient (Wildman–Crippen LogP) is 4.08. The van der Waals surface area contributed by atoms with E-state index in [4.69, 9.17) is 4.74 Å². The highest BCUT2D eigenvalue weighted by molar-refractivity contribution is 5.84. The van der Waals surface area contributed by atoms with E-state index in [-0.39, 0.29) is 11.4 Å². The van der Waals surface area contributed by atoms with E-state index >= 15 is 0 Å². The number of hydrogen-bond acceptors (Lipinski definition) is 4. The van der Waals surface area contributed by atoms with Crippen LogP contribution in [0.15, 0.2) is 48.8 Å². The molecule has 1 N–H and O–H groups in total. The Bertz CT molecular complexity index is 869. The minimum absolute atomic E-state index is 0.168. The summed E-state index contributed by atoms with van der Waals surface area (Å²) in [5.41, 5.74) is 2.75. The molecular weight excluding hydrogens is 386 g/mol. The second-order valence-electron chi connectivity index (χ2n) is 9.79. The van der Waals surface area contributed by atoms with Gasteiger partial charge < -0.3 is 15.0 Å². The Morgan fingerprint density at radius 2 is 1.87 bits per heavy atom. The van der Waals surface area contributed by atoms with E-state index in [1.807, 2.05) is 12.3 Å². The van der Waals surface area contributed by atoms with Crippen LogP contribution in [-0.4, -0.2) is 54.2 Å². The first-order valence-electron chi connectivity index (χ1n) is 11.6. The number of nitrogens with one attached hydrogen (secondary N) is 1. The highest BCUT2D eigenvalue weighted by atomic mass is 16.5. The topological polar surface area (TPSA) is 54.5 Å². The van der Waals surface area contributed by atoms with E-state index in [0.717, 1.165) is 43.6 Å². The standard InChI is InChI=1S/C26H35N3O2/c1-25(2,20-29-14-5-6-15-29)28-24(30)26(11-16-31-17-12-26)18-21-8-3-4-10-23(21)22-9-7-13-27-19-22/h3-4,7-10,13,19H,5-6,11-12,14-18,20H2,1-2H3,(H,28,30). The number of rotatable bonds is 7. The fraction of sp³-hybridized carbons (Fsp3) is 0.538. The SMILES string of the molecule is CC(C)(CN1CCCC1)NC(=O)C1(Cc2ccccc2-c2cccnc2)CCOCC1. The van der Waals surface area contributed by atoms with Crippen LogP contribution >= 0.6 is 0 Å². The molecule has 5 nitrogen and oxygen atoms in total. The van der Waals surface area contributed by atoms with Gasteiger partial charge in [0.15, 0.2) is 0 Å². The third-order valence-corrected chi connectivity index (χ3v) is 6.72. The van der Waals surface area contributed by atoms with Gasteiger partial charge in [-0.2, -0.15) is 0 Å². The summed E-state index contributed by atoms with van der Waals surface area (Å²) in [5, 5.41) is 3.42. The van der Waals surface area contributed by atoms with E-state index in [2.05, 4.69) is 59.4 Å². The van der Waals surface area contributed by atoms with Gasteiger partial charge in [0.05, 0.1) is 5.41 Å². The Morgan fingerprint density at radius 1 is 1.13 bits per heavy atom. The first-order chi connectivity index (χ1) is 15.0. The van der Waals surface area contributed by atoms with Crippen molar-refractivity contribution in [3.8, 4) is 11.1 Å². The van der Waals surface area contributed by atoms with Gasteiger partial charge in [-0.3, -0.25) is 9.78 Å². The molecule has 1 aromatic carbocycles. The fourth-order valence-corrected chi connectivity index (χ4v) is 5.07. The second kappa shape index (κ2) is 9.49. The van der Waals surface area contributed by atoms with Crippen LogP contribution in [0.25, 0.3) is 11.1 Å². The molecule has 2 fully saturated rings. The molecule has 0 aliphatic carbocycles. The molecule has 0 bridgehead atoms. The van der Waals surface area contributed by atoms with Crippen molar-refractivity contribution in [3.63, 3.8) is 0 Å². The number of carbonyl (C=O) groups excluding carboxylic acids is 1. The molecular formula is C26H35N3O2. The van der Waals surface area contributed by atoms with Crippen molar-refractivity contribution in [2.45, 2.75) is 51.5 Å². The first-order valence-corrected chi connectivity index (χ1v) is 11.6. The molecule has 0 spiro atoms. The summed E-state index contributed by atoms with van der Waals surface area (Å²) in [4.78, 5) is 20.5. The lowest BCUT2D eigenvalue weighted by atomic mass is 9.73. The van der Waals surface area contributed by atoms with Crippen molar-refractivity contribution in [1.82, 2.24) is 15.2 Å². The Balaban J connectivity index is 1.57. The Labute approximate surface area is 186 Å². The molecule has 5 heteroatoms. The number of aromatic nitrogens is 1. The normalized spacial score (nSPS) is 19.3. The third-order valence-electron chi connectivity index (χ3n) is 6.72. The van der Waals surface area contributed by atoms with Gasteiger partial charge in [0.2, 0.25) is 5.91 Å². The van der Waals surface area contributed by atoms with Crippen molar-refractivity contribution in [3.05, 3.63) is 54.4 Å². The van der Waals surface area contributed by atoms with Gasteiger partial charge in [-0.25, -0.2) is 0 Å². The lowest BCUT2D eigenvalue weighted by molar-refractivity contribution is -0.138. The maximum absolute atomic E-state index is 13.8. The van der Waals surface area contributed by atoms with Crippen LogP contribution in [0.4, 0.5) is 0 Å². The van der Waals surface area contributed by atoms with Gasteiger partial charge in [0, 0.05) is 43.3 Å². The number of pyridine rings is 1. The van der Waals surface area contributed by atoms with E-state index < -0.39 is 5.41 Å². The van der Waals surface area contributed by atoms with Crippen LogP contribution in [0.3, 0.4) is 0 Å². The fourth-order valence-electron chi connectivity index (χ4n) is 5.07. The monoisotopic (exact) mass is 421 g/mol. The van der Waals surface area contributed by atoms with E-state index in [9.17, 15) is 4.79 Å². The predicted molar refractivity (Wildman–Crippen MR) is 124 cm³/mol. The second-order valence-corrected chi connectivity index (χ2v) is 9.79. The van der Waals surface area contributed by atoms with Crippen LogP contribution in [0.5, 0.6) is 0 Å². The summed E-state index contributed by atoms with van der Waals surface area (Å²) < 4.78 is 5.67. The zero-order valence-corrected chi connectivity index (χ0v) is 18.9. The van der Waals surface area contributed by atoms with Gasteiger partial charge in [-0.15, -0.1) is 0 Å². The third kappa shape index (κ3) is 5.34. The zero-order valence-electron chi connectivity index (χ0n) is 18.9. The van der Waals surface area contributed by atoms with Crippen molar-refractivity contribution in [1.29, 1.82) is 0 Å². The summed E-state index contributed by atoms with van der Waals surface area (Å²) >= 11 is 0. The molecule has 2 saturated heterocycles. The van der Waals surface area contributed by atoms with Crippen LogP contribution < -0.4 is 5.32 Å². The number of ether oxygens (including phenoxy) is 1. The molecule has 2 aliphatic rings. The average molecular weight is 422 g/mol. The molecule has 0 unspecified atom stereocenters. The smallest absolute Gasteiger partial charge is 0.227 e. The molecule has 31 heavy (non-hydrogen) atoms. The lowest BCUT2D eigenvalue weighted by Crippen LogP contribution is -2.56. The summed E-state index contributed by atoms with van der Waals surface area (Å²) in [7, 11) is 0. The maximum Gasteiger partial charge on any atom is 0.227 e. The maximum atomic E-state index is 13.8. The van der Waals surface area contributed by atoms with Gasteiger partial charge in [0.25, 0.3) is 0 Å². The largest absolute Gasteiger partial charge is 0.381 e. The Hall–Kier alpha value is -2.24. The molecule has 2 aromatic rings. The molecule has 4 rings (SSSR count). The highest BCUT2D eigenvalue weighted by Crippen LogP contribution is 2.38. The molecule has 1 aromatic heterocycles. The zero-order chi connectivity index (χ0) is 21.7. The molecule has 0 radical (unpaired) electrons. The Kier molecular flexibility index (Phi) is 6.73. The molecule has 3 heterocycles. The molecule has 0 saturated carbocycles. The average Bonchev–Trinajstić information content (AvgIpc) is 3.27. The molecule has 0 atom stereocenters. The number of carbonyl (C=O) groups is 1. The van der Waals surface area contributed by atoms with Crippen LogP contribution in [0, 0.1) is 5.41 Å². The highest BCUT2D eigenvalue weighted by Gasteiger charge is 2.42. The summed E-state index contributed by atoms with van der Waals surface area (Å²) in [5.74, 6) is 0.168. The number of amides is 1. The number of nitrogens with zero attached hydrogens (tertiary/aromatic N) is 2. The van der Waals surface area contributed by atoms with Gasteiger partial charge in [-0.05, 0) is 76.2 Å². The van der Waals surface area contributed by atoms with Crippen molar-refractivity contribution < 1.29 is 9.53 Å². The van der Waals surface area contributed by atoms with Crippen LogP contribution in [0.2, 0.25) is 0 Å². The summed E-state index contributed by atoms with van der Waals surface area (Å²) in [6.45, 7) is 8.74. The lowest BCUT2D eigenvalue weighted by Gasteiger charge is -2.40. The van der Waals surface area contributed by atoms with Crippen LogP contribution in [0.1, 0.15) is 45.1 Å². The first kappa shape index (κ1) is 22.0. The molecule has 1 amide bonds. The van der Waals surface area contributed by atoms with E-state index in [1.54, 1.807) is 6.20 Å². The minimum atomic E-state index is -0.446. The number of benzene rings is 1. The van der Waals surface area contributed by atoms with Gasteiger partial charge in [-0.1, -0.05) is 30.3 Å².